The van der Waals surface area contributed by atoms with Crippen LogP contribution in [0.5, 0.6) is 0 Å². The van der Waals surface area contributed by atoms with Gasteiger partial charge in [-0.3, -0.25) is 9.79 Å². The summed E-state index contributed by atoms with van der Waals surface area (Å²) in [5.74, 6) is 0.298. The normalized spacial score (nSPS) is 15.5. The Labute approximate surface area is 219 Å². The number of morpholine rings is 1. The summed E-state index contributed by atoms with van der Waals surface area (Å²) in [7, 11) is 1.71. The predicted molar refractivity (Wildman–Crippen MR) is 145 cm³/mol. The largest absolute Gasteiger partial charge is 0.403 e. The second kappa shape index (κ2) is 12.5. The minimum atomic E-state index is -0.448. The smallest absolute Gasteiger partial charge is 0.315 e. The zero-order valence-electron chi connectivity index (χ0n) is 21.0. The molecule has 2 N–H and O–H groups in total. The quantitative estimate of drug-likeness (QED) is 0.379. The third-order valence-electron chi connectivity index (χ3n) is 5.74. The molecule has 0 spiro atoms. The van der Waals surface area contributed by atoms with Gasteiger partial charge in [-0.25, -0.2) is 9.38 Å². The molecule has 2 aliphatic heterocycles. The minimum Gasteiger partial charge on any atom is -0.403 e. The minimum absolute atomic E-state index is 0.00164. The first-order valence-corrected chi connectivity index (χ1v) is 11.9. The van der Waals surface area contributed by atoms with E-state index in [1.54, 1.807) is 25.3 Å². The van der Waals surface area contributed by atoms with E-state index in [-0.39, 0.29) is 18.1 Å². The van der Waals surface area contributed by atoms with Gasteiger partial charge in [0.05, 0.1) is 30.2 Å². The summed E-state index contributed by atoms with van der Waals surface area (Å²) in [6, 6.07) is 14.5. The van der Waals surface area contributed by atoms with E-state index in [1.165, 1.54) is 6.07 Å². The number of aliphatic imine (C=N–C) groups is 2. The van der Waals surface area contributed by atoms with Crippen LogP contribution in [0.15, 0.2) is 81.4 Å². The van der Waals surface area contributed by atoms with Gasteiger partial charge < -0.3 is 24.7 Å². The first kappa shape index (κ1) is 26.4. The number of nitrogens with zero attached hydrogens (tertiary/aromatic N) is 5. The Balaban J connectivity index is 0.000000177. The molecule has 0 saturated carbocycles. The topological polar surface area (TPSA) is 117 Å². The maximum Gasteiger partial charge on any atom is 0.315 e. The lowest BCUT2D eigenvalue weighted by Crippen LogP contribution is -2.35. The monoisotopic (exact) mass is 517 g/mol. The van der Waals surface area contributed by atoms with Gasteiger partial charge in [0, 0.05) is 31.3 Å². The molecule has 0 bridgehead atoms. The highest BCUT2D eigenvalue weighted by Crippen LogP contribution is 2.26. The molecule has 1 saturated heterocycles. The molecule has 10 nitrogen and oxygen atoms in total. The number of benzene rings is 2. The molecule has 11 heteroatoms. The number of aromatic nitrogens is 2. The molecule has 1 aromatic heterocycles. The molecule has 0 aliphatic carbocycles. The van der Waals surface area contributed by atoms with Gasteiger partial charge in [0.15, 0.2) is 0 Å². The number of anilines is 2. The Kier molecular flexibility index (Phi) is 8.73. The van der Waals surface area contributed by atoms with Crippen molar-refractivity contribution in [2.24, 2.45) is 9.98 Å². The van der Waals surface area contributed by atoms with Gasteiger partial charge in [-0.1, -0.05) is 60.2 Å². The van der Waals surface area contributed by atoms with Crippen molar-refractivity contribution in [3.05, 3.63) is 89.8 Å². The zero-order chi connectivity index (χ0) is 26.9. The molecular formula is C27H28FN7O3. The number of fused-ring (bicyclic) bond motifs is 1. The molecule has 0 radical (unpaired) electrons. The standard InChI is InChI=1S/C15H11FN2O.C12H17N5O2/c16-12-8-4-7-11-14(10-5-2-1-3-6-10)17-9-13(19)18-15(11)12;1-4-9(11-15-16-12(14-3)19-11)10(13-2)17-5-7-18-8-6-17/h1-8H,9H2,(H,18,19);4H,1-2,5-8H2,3H3,(H,14,16)/b;10-9-. The van der Waals surface area contributed by atoms with Crippen LogP contribution in [0.1, 0.15) is 17.0 Å². The fourth-order valence-electron chi connectivity index (χ4n) is 3.94. The van der Waals surface area contributed by atoms with E-state index in [4.69, 9.17) is 9.15 Å². The Morgan fingerprint density at radius 3 is 2.58 bits per heavy atom. The Bertz CT molecular complexity index is 1360. The lowest BCUT2D eigenvalue weighted by atomic mass is 10.0. The van der Waals surface area contributed by atoms with E-state index in [0.717, 1.165) is 18.7 Å². The molecule has 1 amide bonds. The molecule has 3 aromatic rings. The summed E-state index contributed by atoms with van der Waals surface area (Å²) in [5.41, 5.74) is 2.98. The highest BCUT2D eigenvalue weighted by atomic mass is 19.1. The lowest BCUT2D eigenvalue weighted by molar-refractivity contribution is -0.114. The summed E-state index contributed by atoms with van der Waals surface area (Å²) in [6.07, 6.45) is 1.65. The molecular weight excluding hydrogens is 489 g/mol. The highest BCUT2D eigenvalue weighted by Gasteiger charge is 2.21. The Morgan fingerprint density at radius 1 is 1.16 bits per heavy atom. The van der Waals surface area contributed by atoms with Crippen LogP contribution in [-0.4, -0.2) is 73.3 Å². The number of carbonyl (C=O) groups is 1. The average molecular weight is 518 g/mol. The van der Waals surface area contributed by atoms with E-state index in [1.807, 2.05) is 30.3 Å². The molecule has 1 fully saturated rings. The van der Waals surface area contributed by atoms with Crippen LogP contribution in [0.25, 0.3) is 5.57 Å². The average Bonchev–Trinajstić information content (AvgIpc) is 3.36. The van der Waals surface area contributed by atoms with Crippen LogP contribution in [0.4, 0.5) is 16.1 Å². The fourth-order valence-corrected chi connectivity index (χ4v) is 3.94. The number of rotatable bonds is 6. The fraction of sp³-hybridized carbons (Fsp3) is 0.222. The summed E-state index contributed by atoms with van der Waals surface area (Å²) in [6.45, 7) is 10.2. The number of nitrogens with one attached hydrogen (secondary N) is 2. The maximum absolute atomic E-state index is 13.8. The number of hydrogen-bond donors (Lipinski definition) is 2. The molecule has 2 aromatic carbocycles. The van der Waals surface area contributed by atoms with Crippen LogP contribution >= 0.6 is 0 Å². The van der Waals surface area contributed by atoms with Crippen LogP contribution in [0.3, 0.4) is 0 Å². The van der Waals surface area contributed by atoms with E-state index in [0.29, 0.717) is 47.8 Å². The molecule has 0 unspecified atom stereocenters. The number of amides is 1. The van der Waals surface area contributed by atoms with Gasteiger partial charge in [-0.2, -0.15) is 0 Å². The van der Waals surface area contributed by atoms with Gasteiger partial charge >= 0.3 is 6.01 Å². The van der Waals surface area contributed by atoms with Crippen molar-refractivity contribution in [3.63, 3.8) is 0 Å². The Morgan fingerprint density at radius 2 is 1.92 bits per heavy atom. The number of para-hydroxylation sites is 1. The number of allylic oxidation sites excluding steroid dienone is 2. The molecule has 0 atom stereocenters. The predicted octanol–water partition coefficient (Wildman–Crippen LogP) is 3.61. The van der Waals surface area contributed by atoms with Crippen LogP contribution in [0, 0.1) is 5.82 Å². The van der Waals surface area contributed by atoms with Gasteiger partial charge in [-0.15, -0.1) is 5.10 Å². The van der Waals surface area contributed by atoms with Crippen LogP contribution < -0.4 is 10.6 Å². The van der Waals surface area contributed by atoms with E-state index < -0.39 is 5.82 Å². The summed E-state index contributed by atoms with van der Waals surface area (Å²) in [5, 5.41) is 13.2. The van der Waals surface area contributed by atoms with Crippen molar-refractivity contribution >= 4 is 35.6 Å². The lowest BCUT2D eigenvalue weighted by Gasteiger charge is -2.29. The number of hydrogen-bond acceptors (Lipinski definition) is 9. The number of benzodiazepines with no additional fused rings is 1. The summed E-state index contributed by atoms with van der Waals surface area (Å²) < 4.78 is 24.6. The third-order valence-corrected chi connectivity index (χ3v) is 5.74. The number of halogens is 1. The second-order valence-electron chi connectivity index (χ2n) is 8.10. The first-order valence-electron chi connectivity index (χ1n) is 11.9. The summed E-state index contributed by atoms with van der Waals surface area (Å²) in [4.78, 5) is 22.0. The third kappa shape index (κ3) is 6.01. The second-order valence-corrected chi connectivity index (χ2v) is 8.10. The molecule has 196 valence electrons. The van der Waals surface area contributed by atoms with Crippen molar-refractivity contribution < 1.29 is 18.3 Å². The molecule has 2 aliphatic rings. The summed E-state index contributed by atoms with van der Waals surface area (Å²) >= 11 is 0. The van der Waals surface area contributed by atoms with Crippen LogP contribution in [0.2, 0.25) is 0 Å². The van der Waals surface area contributed by atoms with Crippen molar-refractivity contribution in [3.8, 4) is 0 Å². The van der Waals surface area contributed by atoms with Gasteiger partial charge in [0.1, 0.15) is 18.2 Å². The van der Waals surface area contributed by atoms with Crippen molar-refractivity contribution in [2.75, 3.05) is 50.5 Å². The highest BCUT2D eigenvalue weighted by molar-refractivity contribution is 6.19. The van der Waals surface area contributed by atoms with Gasteiger partial charge in [0.2, 0.25) is 5.91 Å². The number of carbonyl (C=O) groups excluding carboxylic acids is 1. The Hall–Kier alpha value is -4.64. The molecule has 5 rings (SSSR count). The van der Waals surface area contributed by atoms with Gasteiger partial charge in [0.25, 0.3) is 5.89 Å². The maximum atomic E-state index is 13.8. The van der Waals surface area contributed by atoms with Gasteiger partial charge in [-0.05, 0) is 12.8 Å². The molecule has 38 heavy (non-hydrogen) atoms. The first-order chi connectivity index (χ1) is 18.5. The zero-order valence-corrected chi connectivity index (χ0v) is 21.0. The van der Waals surface area contributed by atoms with Crippen molar-refractivity contribution in [1.29, 1.82) is 0 Å². The number of ether oxygens (including phenoxy) is 1. The van der Waals surface area contributed by atoms with Crippen molar-refractivity contribution in [2.45, 2.75) is 0 Å². The van der Waals surface area contributed by atoms with E-state index >= 15 is 0 Å². The van der Waals surface area contributed by atoms with Crippen molar-refractivity contribution in [1.82, 2.24) is 15.1 Å². The molecule has 3 heterocycles. The SMILES string of the molecule is C=C/C(=C(\N=C)N1CCOCC1)c1nnc(NC)o1.O=C1CN=C(c2ccccc2)c2cccc(F)c2N1. The van der Waals surface area contributed by atoms with Crippen LogP contribution in [-0.2, 0) is 9.53 Å². The van der Waals surface area contributed by atoms with E-state index in [9.17, 15) is 9.18 Å². The van der Waals surface area contributed by atoms with E-state index in [2.05, 4.69) is 49.0 Å².